The molecular weight excluding hydrogens is 565 g/mol. The predicted octanol–water partition coefficient (Wildman–Crippen LogP) is 5.90. The lowest BCUT2D eigenvalue weighted by atomic mass is 9.96. The minimum Gasteiger partial charge on any atom is -0.611 e. The number of benzene rings is 1. The number of hydrogen-bond donors (Lipinski definition) is 1. The third-order valence-electron chi connectivity index (χ3n) is 5.78. The predicted molar refractivity (Wildman–Crippen MR) is 124 cm³/mol. The largest absolute Gasteiger partial charge is 0.611 e. The van der Waals surface area contributed by atoms with Gasteiger partial charge in [0.2, 0.25) is 5.82 Å². The van der Waals surface area contributed by atoms with E-state index >= 15 is 0 Å². The van der Waals surface area contributed by atoms with Gasteiger partial charge in [-0.15, -0.1) is 0 Å². The van der Waals surface area contributed by atoms with Crippen molar-refractivity contribution in [2.75, 3.05) is 5.75 Å². The van der Waals surface area contributed by atoms with Gasteiger partial charge in [-0.1, -0.05) is 17.7 Å². The Morgan fingerprint density at radius 2 is 1.76 bits per heavy atom. The van der Waals surface area contributed by atoms with Crippen LogP contribution in [0.4, 0.5) is 30.7 Å². The summed E-state index contributed by atoms with van der Waals surface area (Å²) in [4.78, 5) is 15.5. The number of carbonyl (C=O) groups is 1. The lowest BCUT2D eigenvalue weighted by Crippen LogP contribution is -2.50. The van der Waals surface area contributed by atoms with Crippen molar-refractivity contribution in [3.05, 3.63) is 59.0 Å². The molecule has 1 aliphatic rings. The number of aromatic nitrogens is 3. The van der Waals surface area contributed by atoms with E-state index in [1.54, 1.807) is 6.07 Å². The molecule has 6 nitrogen and oxygen atoms in total. The first kappa shape index (κ1) is 28.2. The van der Waals surface area contributed by atoms with E-state index < -0.39 is 39.7 Å². The normalized spacial score (nSPS) is 15.4. The van der Waals surface area contributed by atoms with Gasteiger partial charge in [-0.05, 0) is 48.6 Å². The van der Waals surface area contributed by atoms with Gasteiger partial charge in [0, 0.05) is 35.6 Å². The van der Waals surface area contributed by atoms with E-state index in [-0.39, 0.29) is 46.4 Å². The van der Waals surface area contributed by atoms with Gasteiger partial charge in [0.05, 0.1) is 16.8 Å². The second-order valence-electron chi connectivity index (χ2n) is 8.45. The van der Waals surface area contributed by atoms with E-state index in [1.807, 2.05) is 0 Å². The van der Waals surface area contributed by atoms with Gasteiger partial charge in [0.1, 0.15) is 5.75 Å². The number of nitrogens with zero attached hydrogens (tertiary/aromatic N) is 3. The monoisotopic (exact) mass is 582 g/mol. The average Bonchev–Trinajstić information content (AvgIpc) is 3.53. The van der Waals surface area contributed by atoms with E-state index in [2.05, 4.69) is 15.4 Å². The van der Waals surface area contributed by atoms with Crippen LogP contribution in [0.15, 0.2) is 47.8 Å². The first-order valence-electron chi connectivity index (χ1n) is 11.0. The molecule has 0 saturated heterocycles. The molecule has 1 aliphatic carbocycles. The number of carbonyl (C=O) groups excluding carboxylic acids is 1. The van der Waals surface area contributed by atoms with Crippen LogP contribution >= 0.6 is 11.6 Å². The SMILES string of the molecule is CC[S+]([O-])c1cc(C(F)(C(F)(F)F)C(F)(F)F)cnc1-n1cc(-c2ccc(Cl)c(C(=O)NC3CC3)c2)cn1. The summed E-state index contributed by atoms with van der Waals surface area (Å²) < 4.78 is 108. The molecule has 2 heterocycles. The Morgan fingerprint density at radius 3 is 2.34 bits per heavy atom. The number of alkyl halides is 7. The van der Waals surface area contributed by atoms with E-state index in [1.165, 1.54) is 31.5 Å². The maximum Gasteiger partial charge on any atom is 0.436 e. The van der Waals surface area contributed by atoms with Gasteiger partial charge in [0.25, 0.3) is 5.91 Å². The zero-order valence-electron chi connectivity index (χ0n) is 19.3. The van der Waals surface area contributed by atoms with Crippen molar-refractivity contribution in [1.82, 2.24) is 20.1 Å². The highest BCUT2D eigenvalue weighted by Gasteiger charge is 2.74. The molecule has 4 rings (SSSR count). The Bertz CT molecular complexity index is 1340. The fourth-order valence-corrected chi connectivity index (χ4v) is 4.69. The molecule has 1 N–H and O–H groups in total. The zero-order chi connectivity index (χ0) is 28.0. The third-order valence-corrected chi connectivity index (χ3v) is 7.42. The minimum absolute atomic E-state index is 0.0784. The second-order valence-corrected chi connectivity index (χ2v) is 10.6. The molecule has 3 aromatic rings. The van der Waals surface area contributed by atoms with E-state index in [0.717, 1.165) is 17.5 Å². The van der Waals surface area contributed by atoms with Crippen LogP contribution in [0, 0.1) is 0 Å². The summed E-state index contributed by atoms with van der Waals surface area (Å²) in [7, 11) is 0. The molecule has 1 fully saturated rings. The fraction of sp³-hybridized carbons (Fsp3) is 0.348. The Balaban J connectivity index is 1.75. The molecule has 38 heavy (non-hydrogen) atoms. The molecular formula is C23H18ClF7N4O2S. The van der Waals surface area contributed by atoms with Crippen LogP contribution in [0.3, 0.4) is 0 Å². The summed E-state index contributed by atoms with van der Waals surface area (Å²) in [6.07, 6.45) is -8.27. The Morgan fingerprint density at radius 1 is 1.11 bits per heavy atom. The summed E-state index contributed by atoms with van der Waals surface area (Å²) >= 11 is 4.01. The molecule has 204 valence electrons. The molecule has 0 radical (unpaired) electrons. The minimum atomic E-state index is -6.35. The number of halogens is 8. The van der Waals surface area contributed by atoms with Crippen LogP contribution in [-0.2, 0) is 16.8 Å². The number of nitrogens with one attached hydrogen (secondary N) is 1. The van der Waals surface area contributed by atoms with Crippen LogP contribution in [0.1, 0.15) is 35.7 Å². The molecule has 2 aromatic heterocycles. The van der Waals surface area contributed by atoms with Gasteiger partial charge in [0.15, 0.2) is 4.90 Å². The quantitative estimate of drug-likeness (QED) is 0.278. The first-order chi connectivity index (χ1) is 17.7. The molecule has 15 heteroatoms. The van der Waals surface area contributed by atoms with Crippen LogP contribution in [-0.4, -0.2) is 49.4 Å². The Kier molecular flexibility index (Phi) is 7.45. The number of hydrogen-bond acceptors (Lipinski definition) is 4. The second kappa shape index (κ2) is 10.0. The molecule has 0 aliphatic heterocycles. The van der Waals surface area contributed by atoms with Gasteiger partial charge in [-0.2, -0.15) is 31.4 Å². The topological polar surface area (TPSA) is 82.9 Å². The summed E-state index contributed by atoms with van der Waals surface area (Å²) in [5, 5.41) is 7.04. The molecule has 0 bridgehead atoms. The lowest BCUT2D eigenvalue weighted by molar-refractivity contribution is -0.348. The summed E-state index contributed by atoms with van der Waals surface area (Å²) in [6.45, 7) is 1.37. The highest BCUT2D eigenvalue weighted by atomic mass is 35.5. The molecule has 0 spiro atoms. The van der Waals surface area contributed by atoms with Gasteiger partial charge < -0.3 is 9.87 Å². The number of pyridine rings is 1. The maximum absolute atomic E-state index is 14.6. The van der Waals surface area contributed by atoms with E-state index in [9.17, 15) is 40.1 Å². The van der Waals surface area contributed by atoms with Crippen LogP contribution in [0.5, 0.6) is 0 Å². The zero-order valence-corrected chi connectivity index (χ0v) is 20.9. The standard InChI is InChI=1S/C23H18ClF7N4O2S/c1-2-38(37)18-8-14(21(25,22(26,27)28)23(29,30)31)10-32-19(18)35-11-13(9-33-35)12-3-6-17(24)16(7-12)20(36)34-15-4-5-15/h3,6-11,15H,2,4-5H2,1H3,(H,34,36). The van der Waals surface area contributed by atoms with Crippen molar-refractivity contribution in [3.63, 3.8) is 0 Å². The summed E-state index contributed by atoms with van der Waals surface area (Å²) in [5.41, 5.74) is -6.54. The molecule has 1 atom stereocenters. The highest BCUT2D eigenvalue weighted by molar-refractivity contribution is 7.91. The maximum atomic E-state index is 14.6. The lowest BCUT2D eigenvalue weighted by Gasteiger charge is -2.30. The number of amides is 1. The summed E-state index contributed by atoms with van der Waals surface area (Å²) in [5.74, 6) is -0.943. The van der Waals surface area contributed by atoms with Crippen LogP contribution in [0.25, 0.3) is 16.9 Å². The van der Waals surface area contributed by atoms with Crippen molar-refractivity contribution in [1.29, 1.82) is 0 Å². The Labute approximate surface area is 219 Å². The van der Waals surface area contributed by atoms with Crippen molar-refractivity contribution in [3.8, 4) is 16.9 Å². The van der Waals surface area contributed by atoms with Crippen molar-refractivity contribution >= 4 is 28.7 Å². The first-order valence-corrected chi connectivity index (χ1v) is 12.7. The van der Waals surface area contributed by atoms with Crippen molar-refractivity contribution in [2.24, 2.45) is 0 Å². The Hall–Kier alpha value is -2.84. The fourth-order valence-electron chi connectivity index (χ4n) is 3.57. The highest BCUT2D eigenvalue weighted by Crippen LogP contribution is 2.53. The number of rotatable bonds is 7. The molecule has 1 amide bonds. The summed E-state index contributed by atoms with van der Waals surface area (Å²) in [6, 6.07) is 4.87. The van der Waals surface area contributed by atoms with E-state index in [0.29, 0.717) is 11.1 Å². The van der Waals surface area contributed by atoms with Gasteiger partial charge in [-0.3, -0.25) is 4.79 Å². The van der Waals surface area contributed by atoms with Crippen molar-refractivity contribution in [2.45, 2.75) is 48.7 Å². The van der Waals surface area contributed by atoms with Crippen LogP contribution < -0.4 is 5.32 Å². The average molecular weight is 583 g/mol. The smallest absolute Gasteiger partial charge is 0.436 e. The van der Waals surface area contributed by atoms with Crippen LogP contribution in [0.2, 0.25) is 5.02 Å². The molecule has 1 unspecified atom stereocenters. The van der Waals surface area contributed by atoms with Gasteiger partial charge in [-0.25, -0.2) is 14.1 Å². The third kappa shape index (κ3) is 5.21. The van der Waals surface area contributed by atoms with E-state index in [4.69, 9.17) is 11.6 Å². The molecule has 1 saturated carbocycles. The van der Waals surface area contributed by atoms with Crippen molar-refractivity contribution < 1.29 is 40.1 Å². The van der Waals surface area contributed by atoms with Gasteiger partial charge >= 0.3 is 18.0 Å². The molecule has 1 aromatic carbocycles.